The van der Waals surface area contributed by atoms with Crippen molar-refractivity contribution in [1.82, 2.24) is 0 Å². The summed E-state index contributed by atoms with van der Waals surface area (Å²) in [6, 6.07) is 0. The SMILES string of the molecule is [2H]C([2H])(OC(=O)CCCCCCCCCCCCCCCC)[C@@]([2H])(OC(=O)CCCCCCC/C=C/CCCC)C([2H])([2H])OP(=O)([O-])OCC(O)CO.[Na+]. The van der Waals surface area contributed by atoms with Crippen LogP contribution >= 0.6 is 7.82 Å². The Kier molecular flexibility index (Phi) is 31.7. The Hall–Kier alpha value is -0.290. The molecule has 0 radical (unpaired) electrons. The van der Waals surface area contributed by atoms with E-state index in [9.17, 15) is 24.2 Å². The van der Waals surface area contributed by atoms with Crippen LogP contribution in [0.4, 0.5) is 0 Å². The molecule has 0 spiro atoms. The summed E-state index contributed by atoms with van der Waals surface area (Å²) in [6.07, 6.45) is 21.3. The van der Waals surface area contributed by atoms with Crippen molar-refractivity contribution in [2.45, 2.75) is 187 Å². The van der Waals surface area contributed by atoms with E-state index in [1.807, 2.05) is 0 Å². The molecule has 0 saturated carbocycles. The topological polar surface area (TPSA) is 152 Å². The summed E-state index contributed by atoms with van der Waals surface area (Å²) < 4.78 is 72.6. The second-order valence-electron chi connectivity index (χ2n) is 12.4. The molecule has 0 fully saturated rings. The van der Waals surface area contributed by atoms with Crippen molar-refractivity contribution in [3.63, 3.8) is 0 Å². The molecule has 0 aromatic rings. The second-order valence-corrected chi connectivity index (χ2v) is 13.8. The van der Waals surface area contributed by atoms with Crippen LogP contribution < -0.4 is 34.5 Å². The molecule has 2 N–H and O–H groups in total. The number of unbranched alkanes of at least 4 members (excludes halogenated alkanes) is 20. The van der Waals surface area contributed by atoms with E-state index in [4.69, 9.17) is 21.4 Å². The monoisotopic (exact) mass is 733 g/mol. The molecule has 12 heteroatoms. The zero-order chi connectivity index (χ0) is 40.1. The Morgan fingerprint density at radius 2 is 1.16 bits per heavy atom. The van der Waals surface area contributed by atoms with Crippen molar-refractivity contribution < 1.29 is 84.2 Å². The van der Waals surface area contributed by atoms with Gasteiger partial charge in [-0.15, -0.1) is 0 Å². The fourth-order valence-electron chi connectivity index (χ4n) is 4.82. The molecule has 3 atom stereocenters. The van der Waals surface area contributed by atoms with E-state index in [0.717, 1.165) is 70.6 Å². The van der Waals surface area contributed by atoms with Gasteiger partial charge >= 0.3 is 41.5 Å². The first-order valence-corrected chi connectivity index (χ1v) is 20.1. The number of hydrogen-bond acceptors (Lipinski definition) is 10. The van der Waals surface area contributed by atoms with Gasteiger partial charge in [0.15, 0.2) is 6.08 Å². The third kappa shape index (κ3) is 37.3. The van der Waals surface area contributed by atoms with Crippen molar-refractivity contribution in [3.05, 3.63) is 12.2 Å². The van der Waals surface area contributed by atoms with E-state index >= 15 is 0 Å². The summed E-state index contributed by atoms with van der Waals surface area (Å²) in [5.74, 6) is -2.36. The molecule has 2 unspecified atom stereocenters. The molecule has 10 nitrogen and oxygen atoms in total. The first kappa shape index (κ1) is 41.5. The summed E-state index contributed by atoms with van der Waals surface area (Å²) in [5, 5.41) is 18.3. The largest absolute Gasteiger partial charge is 1.00 e. The maximum atomic E-state index is 12.8. The fraction of sp³-hybridized carbons (Fsp3) is 0.892. The van der Waals surface area contributed by atoms with Crippen LogP contribution in [0.25, 0.3) is 0 Å². The number of esters is 2. The molecule has 0 aliphatic heterocycles. The van der Waals surface area contributed by atoms with Crippen molar-refractivity contribution in [2.75, 3.05) is 26.3 Å². The van der Waals surface area contributed by atoms with Crippen molar-refractivity contribution in [3.8, 4) is 0 Å². The number of allylic oxidation sites excluding steroid dienone is 2. The molecule has 0 aromatic heterocycles. The average molecular weight is 734 g/mol. The van der Waals surface area contributed by atoms with Gasteiger partial charge in [-0.3, -0.25) is 14.2 Å². The van der Waals surface area contributed by atoms with E-state index in [0.29, 0.717) is 19.3 Å². The van der Waals surface area contributed by atoms with Crippen LogP contribution in [-0.2, 0) is 32.7 Å². The number of carbonyl (C=O) groups excluding carboxylic acids is 2. The van der Waals surface area contributed by atoms with Gasteiger partial charge in [0.25, 0.3) is 7.82 Å². The van der Waals surface area contributed by atoms with Crippen molar-refractivity contribution >= 4 is 19.8 Å². The van der Waals surface area contributed by atoms with Gasteiger partial charge in [0.1, 0.15) is 12.7 Å². The van der Waals surface area contributed by atoms with E-state index < -0.39 is 58.3 Å². The van der Waals surface area contributed by atoms with E-state index in [-0.39, 0.29) is 48.8 Å². The summed E-state index contributed by atoms with van der Waals surface area (Å²) >= 11 is 0. The number of hydrogen-bond donors (Lipinski definition) is 2. The summed E-state index contributed by atoms with van der Waals surface area (Å²) in [6.45, 7) is -5.26. The number of ether oxygens (including phenoxy) is 2. The van der Waals surface area contributed by atoms with Gasteiger partial charge in [0.2, 0.25) is 0 Å². The minimum absolute atomic E-state index is 0. The number of aliphatic hydroxyl groups is 2. The van der Waals surface area contributed by atoms with Gasteiger partial charge in [0, 0.05) is 12.8 Å². The van der Waals surface area contributed by atoms with E-state index in [1.165, 1.54) is 51.4 Å². The predicted octanol–water partition coefficient (Wildman–Crippen LogP) is 5.65. The molecule has 49 heavy (non-hydrogen) atoms. The minimum Gasteiger partial charge on any atom is -0.756 e. The van der Waals surface area contributed by atoms with Crippen LogP contribution in [0, 0.1) is 0 Å². The van der Waals surface area contributed by atoms with Crippen LogP contribution in [0.5, 0.6) is 0 Å². The maximum absolute atomic E-state index is 12.8. The third-order valence-corrected chi connectivity index (χ3v) is 8.52. The van der Waals surface area contributed by atoms with Crippen LogP contribution in [0.3, 0.4) is 0 Å². The molecule has 0 heterocycles. The standard InChI is InChI=1S/C37H71O10P.Na/c1-3-5-7-9-11-13-15-16-17-19-20-22-24-26-28-36(40)44-32-35(33-46-48(42,43)45-31-34(39)30-38)47-37(41)29-27-25-23-21-18-14-12-10-8-6-4-2;/h10,12,34-35,38-39H,3-9,11,13-33H2,1-2H3,(H,42,43);/q;+1/p-1/b12-10+;/t34?,35-;/m1./s1/i32D2,33D2,35D;. The number of carbonyl (C=O) groups is 2. The van der Waals surface area contributed by atoms with Crippen LogP contribution in [0.15, 0.2) is 12.2 Å². The predicted molar refractivity (Wildman–Crippen MR) is 189 cm³/mol. The van der Waals surface area contributed by atoms with Gasteiger partial charge in [0.05, 0.1) is 26.6 Å². The first-order chi connectivity index (χ1) is 25.1. The normalized spacial score (nSPS) is 16.6. The molecule has 0 aliphatic carbocycles. The van der Waals surface area contributed by atoms with Crippen LogP contribution in [0.1, 0.15) is 181 Å². The van der Waals surface area contributed by atoms with Crippen molar-refractivity contribution in [2.24, 2.45) is 0 Å². The van der Waals surface area contributed by atoms with Gasteiger partial charge in [-0.05, 0) is 32.1 Å². The third-order valence-electron chi connectivity index (χ3n) is 7.74. The van der Waals surface area contributed by atoms with Crippen LogP contribution in [0.2, 0.25) is 0 Å². The zero-order valence-corrected chi connectivity index (χ0v) is 33.8. The Morgan fingerprint density at radius 3 is 1.67 bits per heavy atom. The van der Waals surface area contributed by atoms with Crippen molar-refractivity contribution in [1.29, 1.82) is 0 Å². The summed E-state index contributed by atoms with van der Waals surface area (Å²) in [4.78, 5) is 37.9. The molecule has 0 aliphatic rings. The Morgan fingerprint density at radius 1 is 0.714 bits per heavy atom. The number of phosphoric ester groups is 1. The second kappa shape index (κ2) is 37.5. The molecular weight excluding hydrogens is 658 g/mol. The quantitative estimate of drug-likeness (QED) is 0.0272. The summed E-state index contributed by atoms with van der Waals surface area (Å²) in [5.41, 5.74) is 0. The Labute approximate surface area is 327 Å². The average Bonchev–Trinajstić information content (AvgIpc) is 3.08. The molecule has 0 bridgehead atoms. The molecule has 0 rings (SSSR count). The summed E-state index contributed by atoms with van der Waals surface area (Å²) in [7, 11) is -5.74. The van der Waals surface area contributed by atoms with Gasteiger partial charge in [-0.25, -0.2) is 0 Å². The van der Waals surface area contributed by atoms with Gasteiger partial charge < -0.3 is 33.6 Å². The smallest absolute Gasteiger partial charge is 0.756 e. The molecule has 284 valence electrons. The number of rotatable bonds is 36. The van der Waals surface area contributed by atoms with Gasteiger partial charge in [-0.1, -0.05) is 142 Å². The van der Waals surface area contributed by atoms with E-state index in [2.05, 4.69) is 35.0 Å². The Balaban J connectivity index is 0. The molecule has 0 aromatic carbocycles. The Bertz CT molecular complexity index is 1040. The van der Waals surface area contributed by atoms with Gasteiger partial charge in [-0.2, -0.15) is 0 Å². The molecule has 0 saturated heterocycles. The number of aliphatic hydroxyl groups excluding tert-OH is 2. The molecular formula is C37H70NaO10P. The molecule has 0 amide bonds. The minimum atomic E-state index is -5.74. The fourth-order valence-corrected chi connectivity index (χ4v) is 5.42. The van der Waals surface area contributed by atoms with Crippen LogP contribution in [-0.4, -0.2) is 60.7 Å². The van der Waals surface area contributed by atoms with E-state index in [1.54, 1.807) is 0 Å². The zero-order valence-electron chi connectivity index (χ0n) is 35.9. The first-order valence-electron chi connectivity index (χ1n) is 21.1. The maximum Gasteiger partial charge on any atom is 1.00 e. The number of phosphoric acid groups is 1.